The molecule has 0 fully saturated rings. The molecule has 8 heteroatoms. The number of esters is 1. The summed E-state index contributed by atoms with van der Waals surface area (Å²) < 4.78 is 4.80. The molecule has 1 N–H and O–H groups in total. The summed E-state index contributed by atoms with van der Waals surface area (Å²) in [5.74, 6) is 0.149. The third-order valence-corrected chi connectivity index (χ3v) is 3.08. The number of aromatic nitrogens is 1. The topological polar surface area (TPSA) is 94.4 Å². The summed E-state index contributed by atoms with van der Waals surface area (Å²) in [6, 6.07) is 2.73. The molecule has 0 aliphatic rings. The van der Waals surface area contributed by atoms with E-state index in [0.717, 1.165) is 18.2 Å². The molecule has 0 unspecified atom stereocenters. The molecule has 1 aromatic rings. The van der Waals surface area contributed by atoms with Crippen molar-refractivity contribution in [2.45, 2.75) is 25.3 Å². The highest BCUT2D eigenvalue weighted by atomic mass is 32.2. The zero-order chi connectivity index (χ0) is 15.0. The molecular weight excluding hydrogens is 282 g/mol. The Hall–Kier alpha value is -1.83. The number of nitrogens with zero attached hydrogens (tertiary/aromatic N) is 2. The third-order valence-electron chi connectivity index (χ3n) is 2.20. The second kappa shape index (κ2) is 8.36. The number of nitrogens with one attached hydrogen (secondary N) is 1. The maximum atomic E-state index is 11.3. The van der Waals surface area contributed by atoms with Gasteiger partial charge in [-0.15, -0.1) is 0 Å². The average Bonchev–Trinajstić information content (AvgIpc) is 2.43. The Morgan fingerprint density at radius 1 is 1.50 bits per heavy atom. The highest BCUT2D eigenvalue weighted by Gasteiger charge is 2.13. The summed E-state index contributed by atoms with van der Waals surface area (Å²) in [5.41, 5.74) is -0.0510. The number of ether oxygens (including phenoxy) is 1. The van der Waals surface area contributed by atoms with Gasteiger partial charge >= 0.3 is 5.97 Å². The lowest BCUT2D eigenvalue weighted by Gasteiger charge is -2.06. The number of anilines is 1. The molecule has 0 bridgehead atoms. The van der Waals surface area contributed by atoms with Gasteiger partial charge in [0.1, 0.15) is 10.8 Å². The number of hydrogen-bond donors (Lipinski definition) is 1. The van der Waals surface area contributed by atoms with Crippen LogP contribution in [0.1, 0.15) is 20.3 Å². The van der Waals surface area contributed by atoms with E-state index in [0.29, 0.717) is 24.0 Å². The highest BCUT2D eigenvalue weighted by molar-refractivity contribution is 7.99. The zero-order valence-electron chi connectivity index (χ0n) is 11.4. The van der Waals surface area contributed by atoms with Crippen LogP contribution in [-0.4, -0.2) is 34.8 Å². The van der Waals surface area contributed by atoms with Crippen molar-refractivity contribution in [3.63, 3.8) is 0 Å². The third kappa shape index (κ3) is 5.43. The van der Waals surface area contributed by atoms with Gasteiger partial charge in [-0.05, 0) is 13.3 Å². The molecule has 0 atom stereocenters. The van der Waals surface area contributed by atoms with Gasteiger partial charge in [-0.3, -0.25) is 14.9 Å². The largest absolute Gasteiger partial charge is 0.465 e. The molecule has 0 amide bonds. The Bertz CT molecular complexity index is 482. The predicted octanol–water partition coefficient (Wildman–Crippen LogP) is 2.47. The minimum absolute atomic E-state index is 0.0510. The first-order chi connectivity index (χ1) is 9.56. The van der Waals surface area contributed by atoms with E-state index >= 15 is 0 Å². The summed E-state index contributed by atoms with van der Waals surface area (Å²) >= 11 is 1.12. The highest BCUT2D eigenvalue weighted by Crippen LogP contribution is 2.24. The van der Waals surface area contributed by atoms with E-state index in [1.165, 1.54) is 12.1 Å². The normalized spacial score (nSPS) is 10.1. The van der Waals surface area contributed by atoms with Gasteiger partial charge in [0, 0.05) is 12.6 Å². The fourth-order valence-corrected chi connectivity index (χ4v) is 2.07. The molecule has 0 aromatic carbocycles. The molecule has 1 heterocycles. The van der Waals surface area contributed by atoms with Gasteiger partial charge in [-0.2, -0.15) is 0 Å². The molecule has 1 aromatic heterocycles. The number of pyridine rings is 1. The van der Waals surface area contributed by atoms with Crippen molar-refractivity contribution >= 4 is 29.2 Å². The van der Waals surface area contributed by atoms with E-state index in [9.17, 15) is 14.9 Å². The summed E-state index contributed by atoms with van der Waals surface area (Å²) in [5, 5.41) is 14.3. The van der Waals surface area contributed by atoms with Crippen LogP contribution in [0, 0.1) is 10.1 Å². The number of rotatable bonds is 8. The van der Waals surface area contributed by atoms with E-state index in [-0.39, 0.29) is 17.4 Å². The lowest BCUT2D eigenvalue weighted by atomic mass is 10.4. The number of carbonyl (C=O) groups is 1. The summed E-state index contributed by atoms with van der Waals surface area (Å²) in [7, 11) is 0. The van der Waals surface area contributed by atoms with Crippen LogP contribution >= 0.6 is 11.8 Å². The summed E-state index contributed by atoms with van der Waals surface area (Å²) in [4.78, 5) is 25.9. The van der Waals surface area contributed by atoms with Crippen LogP contribution in [0.5, 0.6) is 0 Å². The molecule has 0 aliphatic carbocycles. The average molecular weight is 299 g/mol. The van der Waals surface area contributed by atoms with Crippen LogP contribution in [0.15, 0.2) is 17.2 Å². The van der Waals surface area contributed by atoms with E-state index in [2.05, 4.69) is 10.3 Å². The smallest absolute Gasteiger partial charge is 0.316 e. The fraction of sp³-hybridized carbons (Fsp3) is 0.500. The fourth-order valence-electron chi connectivity index (χ4n) is 1.35. The van der Waals surface area contributed by atoms with Crippen LogP contribution in [0.25, 0.3) is 0 Å². The molecular formula is C12H17N3O4S. The predicted molar refractivity (Wildman–Crippen MR) is 77.0 cm³/mol. The first-order valence-electron chi connectivity index (χ1n) is 6.25. The standard InChI is InChI=1S/C12H17N3O4S/c1-3-5-13-10-6-9(15(17)18)7-11(14-10)20-8-12(16)19-4-2/h6-7H,3-5,8H2,1-2H3,(H,13,14). The quantitative estimate of drug-likeness (QED) is 0.341. The van der Waals surface area contributed by atoms with Crippen molar-refractivity contribution in [3.8, 4) is 0 Å². The van der Waals surface area contributed by atoms with Crippen LogP contribution in [0.4, 0.5) is 11.5 Å². The SMILES string of the molecule is CCCNc1cc([N+](=O)[O-])cc(SCC(=O)OCC)n1. The lowest BCUT2D eigenvalue weighted by molar-refractivity contribution is -0.385. The maximum Gasteiger partial charge on any atom is 0.316 e. The first-order valence-corrected chi connectivity index (χ1v) is 7.24. The Kier molecular flexibility index (Phi) is 6.78. The Morgan fingerprint density at radius 3 is 2.85 bits per heavy atom. The first kappa shape index (κ1) is 16.2. The Labute approximate surface area is 121 Å². The minimum Gasteiger partial charge on any atom is -0.465 e. The molecule has 0 radical (unpaired) electrons. The van der Waals surface area contributed by atoms with Crippen molar-refractivity contribution in [2.75, 3.05) is 24.2 Å². The van der Waals surface area contributed by atoms with Crippen molar-refractivity contribution in [2.24, 2.45) is 0 Å². The Balaban J connectivity index is 2.80. The van der Waals surface area contributed by atoms with Gasteiger partial charge in [0.2, 0.25) is 0 Å². The maximum absolute atomic E-state index is 11.3. The van der Waals surface area contributed by atoms with Crippen LogP contribution in [0.2, 0.25) is 0 Å². The number of carbonyl (C=O) groups excluding carboxylic acids is 1. The number of thioether (sulfide) groups is 1. The number of nitro groups is 1. The second-order valence-corrected chi connectivity index (χ2v) is 4.82. The van der Waals surface area contributed by atoms with Gasteiger partial charge in [-0.25, -0.2) is 4.98 Å². The van der Waals surface area contributed by atoms with Crippen LogP contribution in [-0.2, 0) is 9.53 Å². The number of hydrogen-bond acceptors (Lipinski definition) is 7. The van der Waals surface area contributed by atoms with Crippen molar-refractivity contribution in [1.29, 1.82) is 0 Å². The van der Waals surface area contributed by atoms with Crippen LogP contribution < -0.4 is 5.32 Å². The molecule has 20 heavy (non-hydrogen) atoms. The van der Waals surface area contributed by atoms with Gasteiger partial charge in [0.15, 0.2) is 0 Å². The van der Waals surface area contributed by atoms with Crippen LogP contribution in [0.3, 0.4) is 0 Å². The molecule has 0 saturated carbocycles. The minimum atomic E-state index is -0.479. The molecule has 110 valence electrons. The molecule has 1 rings (SSSR count). The molecule has 0 saturated heterocycles. The molecule has 7 nitrogen and oxygen atoms in total. The van der Waals surface area contributed by atoms with Gasteiger partial charge in [0.25, 0.3) is 5.69 Å². The monoisotopic (exact) mass is 299 g/mol. The van der Waals surface area contributed by atoms with Crippen molar-refractivity contribution in [1.82, 2.24) is 4.98 Å². The van der Waals surface area contributed by atoms with E-state index < -0.39 is 4.92 Å². The van der Waals surface area contributed by atoms with Gasteiger partial charge in [0.05, 0.1) is 23.3 Å². The van der Waals surface area contributed by atoms with E-state index in [1.807, 2.05) is 6.92 Å². The van der Waals surface area contributed by atoms with E-state index in [4.69, 9.17) is 4.74 Å². The zero-order valence-corrected chi connectivity index (χ0v) is 12.2. The van der Waals surface area contributed by atoms with Crippen molar-refractivity contribution in [3.05, 3.63) is 22.2 Å². The lowest BCUT2D eigenvalue weighted by Crippen LogP contribution is -2.07. The van der Waals surface area contributed by atoms with Gasteiger partial charge < -0.3 is 10.1 Å². The molecule has 0 spiro atoms. The summed E-state index contributed by atoms with van der Waals surface area (Å²) in [6.07, 6.45) is 0.885. The second-order valence-electron chi connectivity index (χ2n) is 3.83. The van der Waals surface area contributed by atoms with Gasteiger partial charge in [-0.1, -0.05) is 18.7 Å². The molecule has 0 aliphatic heterocycles. The van der Waals surface area contributed by atoms with E-state index in [1.54, 1.807) is 6.92 Å². The van der Waals surface area contributed by atoms with Crippen molar-refractivity contribution < 1.29 is 14.5 Å². The summed E-state index contributed by atoms with van der Waals surface area (Å²) in [6.45, 7) is 4.70. The Morgan fingerprint density at radius 2 is 2.25 bits per heavy atom.